The molecule has 0 spiro atoms. The van der Waals surface area contributed by atoms with Crippen LogP contribution in [0, 0.1) is 0 Å². The number of nitrogens with zero attached hydrogens (tertiary/aromatic N) is 1. The van der Waals surface area contributed by atoms with Crippen molar-refractivity contribution in [3.63, 3.8) is 0 Å². The highest BCUT2D eigenvalue weighted by atomic mass is 16.3. The predicted molar refractivity (Wildman–Crippen MR) is 84.8 cm³/mol. The highest BCUT2D eigenvalue weighted by Crippen LogP contribution is 2.22. The average Bonchev–Trinajstić information content (AvgIpc) is 3.07. The molecular weight excluding hydrogens is 278 g/mol. The molecule has 0 bridgehead atoms. The second kappa shape index (κ2) is 7.58. The number of oxazole rings is 1. The van der Waals surface area contributed by atoms with E-state index in [1.165, 1.54) is 37.5 Å². The van der Waals surface area contributed by atoms with Gasteiger partial charge in [-0.3, -0.25) is 4.79 Å². The molecule has 2 N–H and O–H groups in total. The zero-order valence-corrected chi connectivity index (χ0v) is 13.1. The third-order valence-electron chi connectivity index (χ3n) is 4.52. The topological polar surface area (TPSA) is 67.2 Å². The van der Waals surface area contributed by atoms with Crippen LogP contribution in [0.25, 0.3) is 0 Å². The van der Waals surface area contributed by atoms with Crippen LogP contribution >= 0.6 is 0 Å². The molecule has 1 unspecified atom stereocenters. The quantitative estimate of drug-likeness (QED) is 0.821. The normalized spacial score (nSPS) is 22.2. The van der Waals surface area contributed by atoms with Crippen LogP contribution in [-0.4, -0.2) is 30.5 Å². The van der Waals surface area contributed by atoms with Gasteiger partial charge in [0, 0.05) is 19.0 Å². The van der Waals surface area contributed by atoms with E-state index < -0.39 is 0 Å². The molecule has 1 amide bonds. The maximum absolute atomic E-state index is 12.1. The van der Waals surface area contributed by atoms with Crippen LogP contribution < -0.4 is 10.6 Å². The van der Waals surface area contributed by atoms with Crippen LogP contribution in [0.4, 0.5) is 0 Å². The van der Waals surface area contributed by atoms with Gasteiger partial charge in [-0.2, -0.15) is 0 Å². The summed E-state index contributed by atoms with van der Waals surface area (Å²) in [4.78, 5) is 16.5. The summed E-state index contributed by atoms with van der Waals surface area (Å²) in [6.45, 7) is 2.62. The van der Waals surface area contributed by atoms with E-state index in [9.17, 15) is 4.79 Å². The van der Waals surface area contributed by atoms with E-state index >= 15 is 0 Å². The van der Waals surface area contributed by atoms with Gasteiger partial charge in [0.15, 0.2) is 11.6 Å². The lowest BCUT2D eigenvalue weighted by Crippen LogP contribution is -2.29. The molecule has 5 heteroatoms. The minimum absolute atomic E-state index is 0.129. The SMILES string of the molecule is O=C(NCCC1=CCCCC1)c1coc(C2CCCNC2)n1. The summed E-state index contributed by atoms with van der Waals surface area (Å²) in [6, 6.07) is 0. The van der Waals surface area contributed by atoms with E-state index in [2.05, 4.69) is 21.7 Å². The van der Waals surface area contributed by atoms with Crippen molar-refractivity contribution >= 4 is 5.91 Å². The zero-order chi connectivity index (χ0) is 15.2. The fraction of sp³-hybridized carbons (Fsp3) is 0.647. The molecule has 2 aliphatic rings. The number of allylic oxidation sites excluding steroid dienone is 1. The number of piperidine rings is 1. The number of amides is 1. The Morgan fingerprint density at radius 2 is 2.36 bits per heavy atom. The number of carbonyl (C=O) groups excluding carboxylic acids is 1. The van der Waals surface area contributed by atoms with Gasteiger partial charge in [-0.25, -0.2) is 4.98 Å². The molecule has 0 aromatic carbocycles. The fourth-order valence-electron chi connectivity index (χ4n) is 3.20. The van der Waals surface area contributed by atoms with Gasteiger partial charge >= 0.3 is 0 Å². The molecule has 0 radical (unpaired) electrons. The minimum Gasteiger partial charge on any atom is -0.448 e. The number of rotatable bonds is 5. The molecule has 5 nitrogen and oxygen atoms in total. The predicted octanol–water partition coefficient (Wildman–Crippen LogP) is 2.76. The summed E-state index contributed by atoms with van der Waals surface area (Å²) in [6.07, 6.45) is 11.9. The van der Waals surface area contributed by atoms with E-state index in [-0.39, 0.29) is 5.91 Å². The largest absolute Gasteiger partial charge is 0.448 e. The molecule has 0 saturated carbocycles. The van der Waals surface area contributed by atoms with Crippen molar-refractivity contribution in [3.8, 4) is 0 Å². The fourth-order valence-corrected chi connectivity index (χ4v) is 3.20. The van der Waals surface area contributed by atoms with Gasteiger partial charge in [-0.1, -0.05) is 11.6 Å². The number of carbonyl (C=O) groups is 1. The van der Waals surface area contributed by atoms with Gasteiger partial charge in [-0.15, -0.1) is 0 Å². The second-order valence-electron chi connectivity index (χ2n) is 6.23. The molecule has 120 valence electrons. The van der Waals surface area contributed by atoms with Crippen molar-refractivity contribution in [1.82, 2.24) is 15.6 Å². The summed E-state index contributed by atoms with van der Waals surface area (Å²) < 4.78 is 5.50. The third-order valence-corrected chi connectivity index (χ3v) is 4.52. The molecule has 1 atom stereocenters. The van der Waals surface area contributed by atoms with Crippen molar-refractivity contribution < 1.29 is 9.21 Å². The van der Waals surface area contributed by atoms with E-state index in [1.807, 2.05) is 0 Å². The summed E-state index contributed by atoms with van der Waals surface area (Å²) in [7, 11) is 0. The lowest BCUT2D eigenvalue weighted by molar-refractivity contribution is 0.0949. The molecule has 1 aliphatic carbocycles. The van der Waals surface area contributed by atoms with E-state index in [4.69, 9.17) is 4.42 Å². The molecule has 1 aromatic heterocycles. The summed E-state index contributed by atoms with van der Waals surface area (Å²) >= 11 is 0. The molecule has 1 fully saturated rings. The van der Waals surface area contributed by atoms with Crippen LogP contribution in [0.1, 0.15) is 67.2 Å². The third kappa shape index (κ3) is 3.97. The summed E-state index contributed by atoms with van der Waals surface area (Å²) in [5.41, 5.74) is 1.87. The highest BCUT2D eigenvalue weighted by molar-refractivity contribution is 5.91. The smallest absolute Gasteiger partial charge is 0.273 e. The van der Waals surface area contributed by atoms with Crippen molar-refractivity contribution in [1.29, 1.82) is 0 Å². The van der Waals surface area contributed by atoms with Gasteiger partial charge in [0.1, 0.15) is 6.26 Å². The first-order valence-corrected chi connectivity index (χ1v) is 8.45. The minimum atomic E-state index is -0.129. The van der Waals surface area contributed by atoms with Crippen LogP contribution in [0.5, 0.6) is 0 Å². The Kier molecular flexibility index (Phi) is 5.27. The van der Waals surface area contributed by atoms with E-state index in [1.54, 1.807) is 0 Å². The second-order valence-corrected chi connectivity index (χ2v) is 6.23. The van der Waals surface area contributed by atoms with Crippen molar-refractivity contribution in [3.05, 3.63) is 29.5 Å². The van der Waals surface area contributed by atoms with Gasteiger partial charge in [-0.05, 0) is 51.5 Å². The Bertz CT molecular complexity index is 530. The molecule has 3 rings (SSSR count). The maximum Gasteiger partial charge on any atom is 0.273 e. The van der Waals surface area contributed by atoms with Crippen LogP contribution in [0.2, 0.25) is 0 Å². The van der Waals surface area contributed by atoms with E-state index in [0.717, 1.165) is 32.4 Å². The Morgan fingerprint density at radius 1 is 1.41 bits per heavy atom. The Balaban J connectivity index is 1.47. The molecule has 22 heavy (non-hydrogen) atoms. The number of aromatic nitrogens is 1. The van der Waals surface area contributed by atoms with Gasteiger partial charge in [0.05, 0.1) is 0 Å². The van der Waals surface area contributed by atoms with Crippen LogP contribution in [-0.2, 0) is 0 Å². The van der Waals surface area contributed by atoms with Crippen LogP contribution in [0.3, 0.4) is 0 Å². The van der Waals surface area contributed by atoms with Crippen LogP contribution in [0.15, 0.2) is 22.3 Å². The molecule has 1 aromatic rings. The van der Waals surface area contributed by atoms with E-state index in [0.29, 0.717) is 24.0 Å². The Morgan fingerprint density at radius 3 is 3.14 bits per heavy atom. The number of hydrogen-bond acceptors (Lipinski definition) is 4. The first-order chi connectivity index (χ1) is 10.8. The monoisotopic (exact) mass is 303 g/mol. The Hall–Kier alpha value is -1.62. The molecular formula is C17H25N3O2. The Labute approximate surface area is 131 Å². The van der Waals surface area contributed by atoms with Crippen molar-refractivity contribution in [2.45, 2.75) is 50.9 Å². The summed E-state index contributed by atoms with van der Waals surface area (Å²) in [5, 5.41) is 6.28. The standard InChI is InChI=1S/C17H25N3O2/c21-16(19-10-8-13-5-2-1-3-6-13)15-12-22-17(20-15)14-7-4-9-18-11-14/h5,12,14,18H,1-4,6-11H2,(H,19,21). The van der Waals surface area contributed by atoms with Crippen molar-refractivity contribution in [2.75, 3.05) is 19.6 Å². The molecule has 1 saturated heterocycles. The highest BCUT2D eigenvalue weighted by Gasteiger charge is 2.21. The maximum atomic E-state index is 12.1. The van der Waals surface area contributed by atoms with Gasteiger partial charge < -0.3 is 15.1 Å². The summed E-state index contributed by atoms with van der Waals surface area (Å²) in [5.74, 6) is 0.852. The lowest BCUT2D eigenvalue weighted by atomic mass is 9.97. The number of nitrogens with one attached hydrogen (secondary N) is 2. The number of hydrogen-bond donors (Lipinski definition) is 2. The van der Waals surface area contributed by atoms with Gasteiger partial charge in [0.25, 0.3) is 5.91 Å². The van der Waals surface area contributed by atoms with Crippen molar-refractivity contribution in [2.24, 2.45) is 0 Å². The first kappa shape index (κ1) is 15.3. The zero-order valence-electron chi connectivity index (χ0n) is 13.1. The lowest BCUT2D eigenvalue weighted by Gasteiger charge is -2.19. The first-order valence-electron chi connectivity index (χ1n) is 8.45. The molecule has 2 heterocycles. The van der Waals surface area contributed by atoms with Gasteiger partial charge in [0.2, 0.25) is 0 Å². The molecule has 1 aliphatic heterocycles. The average molecular weight is 303 g/mol.